The molecule has 1 N–H and O–H groups in total. The number of aromatic nitrogens is 3. The lowest BCUT2D eigenvalue weighted by Crippen LogP contribution is -2.41. The third-order valence-electron chi connectivity index (χ3n) is 3.41. The number of nitrogens with one attached hydrogen (secondary N) is 1. The molecule has 0 fully saturated rings. The van der Waals surface area contributed by atoms with Crippen molar-refractivity contribution in [3.63, 3.8) is 0 Å². The third-order valence-corrected chi connectivity index (χ3v) is 3.41. The summed E-state index contributed by atoms with van der Waals surface area (Å²) in [5, 5.41) is 3.00. The third kappa shape index (κ3) is 2.25. The molecule has 2 aromatic rings. The summed E-state index contributed by atoms with van der Waals surface area (Å²) in [5.41, 5.74) is 1.39. The van der Waals surface area contributed by atoms with E-state index in [4.69, 9.17) is 4.42 Å². The van der Waals surface area contributed by atoms with Gasteiger partial charge < -0.3 is 14.3 Å². The number of fused-ring (bicyclic) bond motifs is 1. The first kappa shape index (κ1) is 12.0. The summed E-state index contributed by atoms with van der Waals surface area (Å²) in [6.45, 7) is 4.48. The Kier molecular flexibility index (Phi) is 2.85. The highest BCUT2D eigenvalue weighted by molar-refractivity contribution is 5.93. The molecule has 0 bridgehead atoms. The number of nitrogens with zero attached hydrogens (tertiary/aromatic N) is 3. The van der Waals surface area contributed by atoms with Crippen molar-refractivity contribution in [1.82, 2.24) is 19.9 Å². The molecule has 0 aromatic carbocycles. The van der Waals surface area contributed by atoms with E-state index in [0.717, 1.165) is 30.9 Å². The van der Waals surface area contributed by atoms with Crippen molar-refractivity contribution in [2.24, 2.45) is 0 Å². The zero-order valence-corrected chi connectivity index (χ0v) is 11.0. The highest BCUT2D eigenvalue weighted by Gasteiger charge is 2.23. The van der Waals surface area contributed by atoms with Crippen LogP contribution in [-0.4, -0.2) is 26.5 Å². The standard InChI is InChI=1S/C13H16N4O2/c1-8-5-17-6-10(3-4-11(17)15-8)16-13(18)12-9(2)19-7-14-12/h5,7,10H,3-4,6H2,1-2H3,(H,16,18)/t10-/m1/s1. The van der Waals surface area contributed by atoms with E-state index >= 15 is 0 Å². The molecule has 0 saturated carbocycles. The Bertz CT molecular complexity index is 614. The van der Waals surface area contributed by atoms with E-state index in [2.05, 4.69) is 19.9 Å². The van der Waals surface area contributed by atoms with Crippen LogP contribution in [0.2, 0.25) is 0 Å². The molecule has 2 aromatic heterocycles. The van der Waals surface area contributed by atoms with Gasteiger partial charge in [0.2, 0.25) is 0 Å². The predicted octanol–water partition coefficient (Wildman–Crippen LogP) is 1.23. The van der Waals surface area contributed by atoms with E-state index < -0.39 is 0 Å². The number of oxazole rings is 1. The monoisotopic (exact) mass is 260 g/mol. The van der Waals surface area contributed by atoms with Crippen LogP contribution in [0.5, 0.6) is 0 Å². The predicted molar refractivity (Wildman–Crippen MR) is 67.8 cm³/mol. The summed E-state index contributed by atoms with van der Waals surface area (Å²) < 4.78 is 7.16. The first-order valence-corrected chi connectivity index (χ1v) is 6.37. The molecule has 19 heavy (non-hydrogen) atoms. The van der Waals surface area contributed by atoms with Crippen LogP contribution in [0.4, 0.5) is 0 Å². The molecule has 0 radical (unpaired) electrons. The van der Waals surface area contributed by atoms with Gasteiger partial charge >= 0.3 is 0 Å². The van der Waals surface area contributed by atoms with Crippen molar-refractivity contribution in [3.05, 3.63) is 35.6 Å². The molecule has 0 spiro atoms. The van der Waals surface area contributed by atoms with Crippen molar-refractivity contribution in [2.75, 3.05) is 0 Å². The lowest BCUT2D eigenvalue weighted by molar-refractivity contribution is 0.0921. The minimum atomic E-state index is -0.170. The smallest absolute Gasteiger partial charge is 0.273 e. The first-order chi connectivity index (χ1) is 9.13. The molecule has 3 heterocycles. The molecule has 0 unspecified atom stereocenters. The average molecular weight is 260 g/mol. The highest BCUT2D eigenvalue weighted by Crippen LogP contribution is 2.15. The number of hydrogen-bond donors (Lipinski definition) is 1. The maximum Gasteiger partial charge on any atom is 0.273 e. The molecule has 1 aliphatic heterocycles. The van der Waals surface area contributed by atoms with Crippen LogP contribution in [0.3, 0.4) is 0 Å². The van der Waals surface area contributed by atoms with Crippen LogP contribution in [-0.2, 0) is 13.0 Å². The van der Waals surface area contributed by atoms with E-state index in [1.54, 1.807) is 6.92 Å². The van der Waals surface area contributed by atoms with Gasteiger partial charge in [-0.1, -0.05) is 0 Å². The number of carbonyl (C=O) groups is 1. The number of imidazole rings is 1. The zero-order valence-electron chi connectivity index (χ0n) is 11.0. The van der Waals surface area contributed by atoms with Gasteiger partial charge in [0.25, 0.3) is 5.91 Å². The SMILES string of the molecule is Cc1cn2c(n1)CC[C@@H](NC(=O)c1ncoc1C)C2. The van der Waals surface area contributed by atoms with E-state index in [9.17, 15) is 4.79 Å². The quantitative estimate of drug-likeness (QED) is 0.881. The second kappa shape index (κ2) is 4.53. The summed E-state index contributed by atoms with van der Waals surface area (Å²) in [7, 11) is 0. The van der Waals surface area contributed by atoms with Gasteiger partial charge in [-0.25, -0.2) is 9.97 Å². The van der Waals surface area contributed by atoms with Crippen LogP contribution in [0.25, 0.3) is 0 Å². The second-order valence-electron chi connectivity index (χ2n) is 4.92. The number of rotatable bonds is 2. The Balaban J connectivity index is 1.69. The normalized spacial score (nSPS) is 18.1. The Morgan fingerprint density at radius 1 is 1.53 bits per heavy atom. The molecule has 0 aliphatic carbocycles. The van der Waals surface area contributed by atoms with E-state index in [1.165, 1.54) is 6.39 Å². The zero-order chi connectivity index (χ0) is 13.4. The lowest BCUT2D eigenvalue weighted by Gasteiger charge is -2.24. The molecular weight excluding hydrogens is 244 g/mol. The fourth-order valence-corrected chi connectivity index (χ4v) is 2.48. The second-order valence-corrected chi connectivity index (χ2v) is 4.92. The minimum absolute atomic E-state index is 0.115. The summed E-state index contributed by atoms with van der Waals surface area (Å²) in [6, 6.07) is 0.115. The number of amides is 1. The Labute approximate surface area is 110 Å². The molecular formula is C13H16N4O2. The summed E-state index contributed by atoms with van der Waals surface area (Å²) in [6.07, 6.45) is 5.10. The Morgan fingerprint density at radius 2 is 2.37 bits per heavy atom. The van der Waals surface area contributed by atoms with Crippen LogP contribution >= 0.6 is 0 Å². The maximum absolute atomic E-state index is 12.1. The van der Waals surface area contributed by atoms with Gasteiger partial charge in [0, 0.05) is 25.2 Å². The fourth-order valence-electron chi connectivity index (χ4n) is 2.48. The Hall–Kier alpha value is -2.11. The maximum atomic E-state index is 12.1. The van der Waals surface area contributed by atoms with Crippen molar-refractivity contribution < 1.29 is 9.21 Å². The molecule has 6 nitrogen and oxygen atoms in total. The highest BCUT2D eigenvalue weighted by atomic mass is 16.3. The van der Waals surface area contributed by atoms with Gasteiger partial charge in [-0.2, -0.15) is 0 Å². The van der Waals surface area contributed by atoms with Crippen LogP contribution < -0.4 is 5.32 Å². The van der Waals surface area contributed by atoms with Crippen molar-refractivity contribution in [2.45, 2.75) is 39.3 Å². The van der Waals surface area contributed by atoms with Crippen molar-refractivity contribution in [3.8, 4) is 0 Å². The van der Waals surface area contributed by atoms with Crippen LogP contribution in [0.15, 0.2) is 17.0 Å². The van der Waals surface area contributed by atoms with E-state index in [-0.39, 0.29) is 11.9 Å². The molecule has 1 amide bonds. The minimum Gasteiger partial charge on any atom is -0.448 e. The largest absolute Gasteiger partial charge is 0.448 e. The first-order valence-electron chi connectivity index (χ1n) is 6.37. The van der Waals surface area contributed by atoms with Crippen molar-refractivity contribution >= 4 is 5.91 Å². The van der Waals surface area contributed by atoms with Gasteiger partial charge in [0.15, 0.2) is 12.1 Å². The van der Waals surface area contributed by atoms with Gasteiger partial charge in [0.1, 0.15) is 11.6 Å². The van der Waals surface area contributed by atoms with E-state index in [0.29, 0.717) is 11.5 Å². The van der Waals surface area contributed by atoms with Gasteiger partial charge in [-0.15, -0.1) is 0 Å². The van der Waals surface area contributed by atoms with Gasteiger partial charge in [0.05, 0.1) is 5.69 Å². The average Bonchev–Trinajstić information content (AvgIpc) is 2.93. The summed E-state index contributed by atoms with van der Waals surface area (Å²) in [5.74, 6) is 1.48. The summed E-state index contributed by atoms with van der Waals surface area (Å²) >= 11 is 0. The molecule has 100 valence electrons. The number of aryl methyl sites for hydroxylation is 3. The number of hydrogen-bond acceptors (Lipinski definition) is 4. The van der Waals surface area contributed by atoms with Gasteiger partial charge in [-0.3, -0.25) is 4.79 Å². The molecule has 1 atom stereocenters. The van der Waals surface area contributed by atoms with Crippen LogP contribution in [0, 0.1) is 13.8 Å². The van der Waals surface area contributed by atoms with Crippen LogP contribution in [0.1, 0.15) is 34.2 Å². The molecule has 0 saturated heterocycles. The number of carbonyl (C=O) groups excluding carboxylic acids is 1. The molecule has 1 aliphatic rings. The fraction of sp³-hybridized carbons (Fsp3) is 0.462. The topological polar surface area (TPSA) is 73.0 Å². The van der Waals surface area contributed by atoms with Crippen molar-refractivity contribution in [1.29, 1.82) is 0 Å². The van der Waals surface area contributed by atoms with E-state index in [1.807, 2.05) is 13.1 Å². The lowest BCUT2D eigenvalue weighted by atomic mass is 10.1. The Morgan fingerprint density at radius 3 is 3.11 bits per heavy atom. The molecule has 6 heteroatoms. The molecule has 3 rings (SSSR count). The summed E-state index contributed by atoms with van der Waals surface area (Å²) in [4.78, 5) is 20.4. The van der Waals surface area contributed by atoms with Gasteiger partial charge in [-0.05, 0) is 20.3 Å².